The molecule has 0 aromatic carbocycles. The molecular formula is C41H63N5O4. The number of hydrogen-bond acceptors (Lipinski definition) is 5. The van der Waals surface area contributed by atoms with E-state index in [1.807, 2.05) is 0 Å². The third-order valence-corrected chi connectivity index (χ3v) is 14.3. The van der Waals surface area contributed by atoms with Crippen molar-refractivity contribution in [3.8, 4) is 5.88 Å². The van der Waals surface area contributed by atoms with Crippen molar-refractivity contribution in [2.24, 2.45) is 47.3 Å². The number of rotatable bonds is 8. The lowest BCUT2D eigenvalue weighted by molar-refractivity contribution is -0.308. The van der Waals surface area contributed by atoms with E-state index in [0.717, 1.165) is 43.3 Å². The number of carbonyl (C=O) groups excluding carboxylic acids is 1. The van der Waals surface area contributed by atoms with Crippen molar-refractivity contribution in [2.75, 3.05) is 14.1 Å². The molecule has 5 aliphatic carbocycles. The van der Waals surface area contributed by atoms with Crippen molar-refractivity contribution < 1.29 is 19.7 Å². The van der Waals surface area contributed by atoms with Gasteiger partial charge in [0, 0.05) is 25.6 Å². The van der Waals surface area contributed by atoms with Gasteiger partial charge in [0.15, 0.2) is 5.65 Å². The normalized spacial score (nSPS) is 31.3. The molecule has 50 heavy (non-hydrogen) atoms. The number of carbonyl (C=O) groups is 1. The summed E-state index contributed by atoms with van der Waals surface area (Å²) >= 11 is 0. The monoisotopic (exact) mass is 689 g/mol. The van der Waals surface area contributed by atoms with Gasteiger partial charge in [-0.05, 0) is 73.0 Å². The summed E-state index contributed by atoms with van der Waals surface area (Å²) in [6.45, 7) is 10.8. The second kappa shape index (κ2) is 16.0. The standard InChI is InChI=1S/C41H63N5O4/c1-26-20-22-30(23-21-26)38-43-39-35(36(42-2)40(46(39)44-38)49-41(47)45(3)4)37(50-48)34-32(28-16-10-6-11-17-28)24-31(27-14-8-5-9-15-27)25-33(34)29-18-12-7-13-19-29/h26-34,37,48H,5-25H2,1,3-4H3,(H,43,44). The van der Waals surface area contributed by atoms with Crippen LogP contribution in [-0.2, 0) is 4.89 Å². The number of hydrogen-bond donors (Lipinski definition) is 2. The quantitative estimate of drug-likeness (QED) is 0.163. The average Bonchev–Trinajstić information content (AvgIpc) is 3.71. The van der Waals surface area contributed by atoms with E-state index in [-0.39, 0.29) is 23.4 Å². The molecule has 5 fully saturated rings. The van der Waals surface area contributed by atoms with Crippen LogP contribution < -0.4 is 4.74 Å². The fraction of sp³-hybridized carbons (Fsp3) is 0.829. The maximum absolute atomic E-state index is 13.1. The number of H-pyrrole nitrogens is 1. The lowest BCUT2D eigenvalue weighted by Crippen LogP contribution is -2.45. The molecule has 3 unspecified atom stereocenters. The maximum Gasteiger partial charge on any atom is 0.414 e. The van der Waals surface area contributed by atoms with Gasteiger partial charge < -0.3 is 9.64 Å². The minimum atomic E-state index is -0.713. The van der Waals surface area contributed by atoms with E-state index in [9.17, 15) is 10.1 Å². The summed E-state index contributed by atoms with van der Waals surface area (Å²) in [5.74, 6) is 5.65. The smallest absolute Gasteiger partial charge is 0.402 e. The van der Waals surface area contributed by atoms with E-state index >= 15 is 0 Å². The van der Waals surface area contributed by atoms with Crippen LogP contribution in [0.2, 0.25) is 0 Å². The Morgan fingerprint density at radius 1 is 0.840 bits per heavy atom. The lowest BCUT2D eigenvalue weighted by Gasteiger charge is -2.53. The first-order valence-corrected chi connectivity index (χ1v) is 20.6. The zero-order valence-corrected chi connectivity index (χ0v) is 31.1. The van der Waals surface area contributed by atoms with Crippen LogP contribution in [0.1, 0.15) is 165 Å². The van der Waals surface area contributed by atoms with Gasteiger partial charge >= 0.3 is 6.09 Å². The number of aromatic nitrogens is 3. The number of fused-ring (bicyclic) bond motifs is 1. The molecule has 3 atom stereocenters. The van der Waals surface area contributed by atoms with Gasteiger partial charge in [-0.2, -0.15) is 0 Å². The molecule has 5 aliphatic rings. The summed E-state index contributed by atoms with van der Waals surface area (Å²) in [5, 5.41) is 14.8. The topological polar surface area (TPSA) is 96.5 Å². The Morgan fingerprint density at radius 3 is 1.88 bits per heavy atom. The molecule has 2 aromatic heterocycles. The number of nitrogens with one attached hydrogen (secondary N) is 1. The average molecular weight is 690 g/mol. The van der Waals surface area contributed by atoms with E-state index < -0.39 is 12.2 Å². The molecular weight excluding hydrogens is 626 g/mol. The number of amides is 1. The highest BCUT2D eigenvalue weighted by Gasteiger charge is 2.51. The van der Waals surface area contributed by atoms with Crippen molar-refractivity contribution in [1.29, 1.82) is 0 Å². The second-order valence-corrected chi connectivity index (χ2v) is 17.5. The van der Waals surface area contributed by atoms with Crippen molar-refractivity contribution in [3.05, 3.63) is 22.8 Å². The summed E-state index contributed by atoms with van der Waals surface area (Å²) in [5.41, 5.74) is 1.42. The predicted octanol–water partition coefficient (Wildman–Crippen LogP) is 11.1. The molecule has 0 saturated heterocycles. The number of nitrogens with zero attached hydrogens (tertiary/aromatic N) is 4. The SMILES string of the molecule is [C-]#[N+]c1c(C(OO)C2C(C3CCCCC3)CC(C3CCCCC3)CC2C2CCCCC2)c2nc(C3CCC(C)CC3)[nH]n2c1OC(=O)N(C)C. The molecule has 0 aliphatic heterocycles. The zero-order chi connectivity index (χ0) is 34.8. The highest BCUT2D eigenvalue weighted by Crippen LogP contribution is 2.59. The fourth-order valence-corrected chi connectivity index (χ4v) is 11.7. The summed E-state index contributed by atoms with van der Waals surface area (Å²) in [7, 11) is 3.31. The highest BCUT2D eigenvalue weighted by molar-refractivity contribution is 5.79. The summed E-state index contributed by atoms with van der Waals surface area (Å²) in [4.78, 5) is 29.6. The van der Waals surface area contributed by atoms with E-state index in [1.54, 1.807) is 18.6 Å². The van der Waals surface area contributed by atoms with Gasteiger partial charge in [0.05, 0.1) is 6.57 Å². The molecule has 2 aromatic rings. The van der Waals surface area contributed by atoms with E-state index in [0.29, 0.717) is 40.8 Å². The fourth-order valence-electron chi connectivity index (χ4n) is 11.7. The number of aromatic amines is 1. The molecule has 7 rings (SSSR count). The van der Waals surface area contributed by atoms with Crippen molar-refractivity contribution in [2.45, 2.75) is 154 Å². The summed E-state index contributed by atoms with van der Waals surface area (Å²) in [6.07, 6.45) is 25.1. The van der Waals surface area contributed by atoms with Crippen LogP contribution in [0, 0.1) is 53.9 Å². The molecule has 2 heterocycles. The first-order valence-electron chi connectivity index (χ1n) is 20.6. The molecule has 1 amide bonds. The van der Waals surface area contributed by atoms with Gasteiger partial charge in [0.25, 0.3) is 5.69 Å². The van der Waals surface area contributed by atoms with Crippen LogP contribution in [-0.4, -0.2) is 44.9 Å². The molecule has 0 radical (unpaired) electrons. The molecule has 2 N–H and O–H groups in total. The van der Waals surface area contributed by atoms with Crippen LogP contribution in [0.3, 0.4) is 0 Å². The van der Waals surface area contributed by atoms with Crippen molar-refractivity contribution >= 4 is 17.4 Å². The molecule has 0 bridgehead atoms. The van der Waals surface area contributed by atoms with E-state index in [4.69, 9.17) is 21.2 Å². The Bertz CT molecular complexity index is 1440. The van der Waals surface area contributed by atoms with Crippen LogP contribution >= 0.6 is 0 Å². The van der Waals surface area contributed by atoms with E-state index in [1.165, 1.54) is 114 Å². The lowest BCUT2D eigenvalue weighted by atomic mass is 9.53. The largest absolute Gasteiger partial charge is 0.414 e. The summed E-state index contributed by atoms with van der Waals surface area (Å²) < 4.78 is 7.73. The minimum absolute atomic E-state index is 0.0748. The maximum atomic E-state index is 13.1. The van der Waals surface area contributed by atoms with E-state index in [2.05, 4.69) is 16.9 Å². The summed E-state index contributed by atoms with van der Waals surface area (Å²) in [6, 6.07) is 0. The Labute approximate surface area is 300 Å². The van der Waals surface area contributed by atoms with Gasteiger partial charge in [-0.15, -0.1) is 0 Å². The Kier molecular flexibility index (Phi) is 11.4. The van der Waals surface area contributed by atoms with Gasteiger partial charge in [0.1, 0.15) is 11.9 Å². The Hall–Kier alpha value is -2.57. The highest BCUT2D eigenvalue weighted by atomic mass is 17.1. The number of ether oxygens (including phenoxy) is 1. The van der Waals surface area contributed by atoms with Crippen LogP contribution in [0.4, 0.5) is 10.5 Å². The third-order valence-electron chi connectivity index (χ3n) is 14.3. The first-order chi connectivity index (χ1) is 24.4. The van der Waals surface area contributed by atoms with Crippen LogP contribution in [0.15, 0.2) is 0 Å². The zero-order valence-electron chi connectivity index (χ0n) is 31.1. The van der Waals surface area contributed by atoms with Gasteiger partial charge in [0.2, 0.25) is 5.88 Å². The second-order valence-electron chi connectivity index (χ2n) is 17.5. The van der Waals surface area contributed by atoms with Crippen LogP contribution in [0.5, 0.6) is 5.88 Å². The Morgan fingerprint density at radius 2 is 1.38 bits per heavy atom. The Balaban J connectivity index is 1.36. The first kappa shape index (κ1) is 35.8. The van der Waals surface area contributed by atoms with Crippen molar-refractivity contribution in [3.63, 3.8) is 0 Å². The molecule has 9 heteroatoms. The minimum Gasteiger partial charge on any atom is -0.402 e. The molecule has 276 valence electrons. The molecule has 0 spiro atoms. The van der Waals surface area contributed by atoms with Gasteiger partial charge in [-0.3, -0.25) is 10.4 Å². The van der Waals surface area contributed by atoms with Gasteiger partial charge in [-0.1, -0.05) is 116 Å². The predicted molar refractivity (Wildman–Crippen MR) is 195 cm³/mol. The van der Waals surface area contributed by atoms with Gasteiger partial charge in [-0.25, -0.2) is 24.0 Å². The third kappa shape index (κ3) is 7.22. The van der Waals surface area contributed by atoms with Crippen molar-refractivity contribution in [1.82, 2.24) is 19.5 Å². The van der Waals surface area contributed by atoms with Crippen LogP contribution in [0.25, 0.3) is 10.5 Å². The molecule has 9 nitrogen and oxygen atoms in total. The molecule has 5 saturated carbocycles.